The maximum atomic E-state index is 14.2. The first-order valence-electron chi connectivity index (χ1n) is 39.1. The molecule has 11 rings (SSSR count). The molecule has 6 heterocycles. The van der Waals surface area contributed by atoms with E-state index in [-0.39, 0.29) is 65.5 Å². The Morgan fingerprint density at radius 3 is 1.22 bits per heavy atom. The van der Waals surface area contributed by atoms with E-state index < -0.39 is 159 Å². The summed E-state index contributed by atoms with van der Waals surface area (Å²) < 4.78 is 114. The molecule has 0 saturated carbocycles. The molecule has 0 spiro atoms. The summed E-state index contributed by atoms with van der Waals surface area (Å²) in [6.07, 6.45) is -4.04. The number of hydrogen-bond acceptors (Lipinski definition) is 27. The van der Waals surface area contributed by atoms with Crippen LogP contribution in [0.1, 0.15) is 137 Å². The highest BCUT2D eigenvalue weighted by Gasteiger charge is 2.53. The second-order valence-electron chi connectivity index (χ2n) is 30.1. The monoisotopic (exact) mass is 1740 g/mol. The first-order chi connectivity index (χ1) is 57.5. The van der Waals surface area contributed by atoms with Crippen LogP contribution in [0.25, 0.3) is 10.8 Å². The molecule has 3 aliphatic heterocycles. The number of primary amides is 1. The molecule has 5 aromatic carbocycles. The summed E-state index contributed by atoms with van der Waals surface area (Å²) in [5.74, 6) is -2.07. The Bertz CT molecular complexity index is 4920. The quantitative estimate of drug-likeness (QED) is 0.00575. The summed E-state index contributed by atoms with van der Waals surface area (Å²) in [5, 5.41) is 73.3. The van der Waals surface area contributed by atoms with Crippen LogP contribution >= 0.6 is 23.2 Å². The second kappa shape index (κ2) is 44.0. The van der Waals surface area contributed by atoms with E-state index in [2.05, 4.69) is 15.3 Å². The normalized spacial score (nSPS) is 22.9. The van der Waals surface area contributed by atoms with Crippen molar-refractivity contribution in [3.8, 4) is 17.2 Å². The predicted molar refractivity (Wildman–Crippen MR) is 435 cm³/mol. The molecule has 18 atom stereocenters. The van der Waals surface area contributed by atoms with Crippen LogP contribution in [0.2, 0.25) is 0 Å². The van der Waals surface area contributed by atoms with Crippen LogP contribution < -0.4 is 48.3 Å². The number of amides is 1. The number of esters is 3. The van der Waals surface area contributed by atoms with E-state index in [1.807, 2.05) is 71.0 Å². The fraction of sp³-hybridized carbons (Fsp3) is 0.417. The number of para-hydroxylation sites is 2. The Morgan fingerprint density at radius 2 is 0.818 bits per heavy atom. The van der Waals surface area contributed by atoms with Crippen molar-refractivity contribution < 1.29 is 142 Å². The number of carbonyl (C=O) groups is 6. The van der Waals surface area contributed by atoms with Gasteiger partial charge in [-0.3, -0.25) is 42.3 Å². The fourth-order valence-electron chi connectivity index (χ4n) is 12.3. The van der Waals surface area contributed by atoms with Gasteiger partial charge in [-0.2, -0.15) is 29.0 Å². The molecule has 7 unspecified atom stereocenters. The van der Waals surface area contributed by atoms with Gasteiger partial charge in [-0.1, -0.05) is 151 Å². The average Bonchev–Trinajstić information content (AvgIpc) is 1.72. The molecule has 3 aliphatic rings. The lowest BCUT2D eigenvalue weighted by atomic mass is 9.99. The zero-order chi connectivity index (χ0) is 87.9. The number of benzene rings is 5. The first-order valence-corrected chi connectivity index (χ1v) is 43.8. The number of hydrogen-bond donors (Lipinski definition) is 10. The summed E-state index contributed by atoms with van der Waals surface area (Å²) in [6.45, 7) is 16.0. The minimum atomic E-state index is -4.35. The molecule has 1 amide bonds. The lowest BCUT2D eigenvalue weighted by molar-refractivity contribution is -0.766. The number of nitrogens with zero attached hydrogens (tertiary/aromatic N) is 3. The van der Waals surface area contributed by atoms with Crippen molar-refractivity contribution in [3.05, 3.63) is 229 Å². The third-order valence-corrected chi connectivity index (χ3v) is 24.1. The minimum Gasteiger partial charge on any atom is -0.464 e. The van der Waals surface area contributed by atoms with E-state index in [1.165, 1.54) is 79.2 Å². The van der Waals surface area contributed by atoms with Gasteiger partial charge in [0, 0.05) is 23.6 Å². The molecule has 0 bridgehead atoms. The number of aliphatic hydroxyl groups is 6. The molecule has 37 heteroatoms. The van der Waals surface area contributed by atoms with E-state index in [4.69, 9.17) is 61.3 Å². The molecule has 652 valence electrons. The van der Waals surface area contributed by atoms with Crippen molar-refractivity contribution in [2.24, 2.45) is 17.1 Å². The van der Waals surface area contributed by atoms with Crippen molar-refractivity contribution in [3.63, 3.8) is 0 Å². The summed E-state index contributed by atoms with van der Waals surface area (Å²) in [5.41, 5.74) is 6.85. The highest BCUT2D eigenvalue weighted by atomic mass is 31.2. The summed E-state index contributed by atoms with van der Waals surface area (Å²) in [7, 11) is -12.8. The maximum Gasteiger partial charge on any atom is 0.459 e. The summed E-state index contributed by atoms with van der Waals surface area (Å²) in [4.78, 5) is 73.1. The van der Waals surface area contributed by atoms with E-state index >= 15 is 0 Å². The van der Waals surface area contributed by atoms with Gasteiger partial charge in [0.05, 0.1) is 44.2 Å². The molecule has 3 aromatic heterocycles. The first kappa shape index (κ1) is 95.4. The number of aliphatic hydroxyl groups excluding tert-OH is 6. The van der Waals surface area contributed by atoms with Crippen LogP contribution in [-0.2, 0) is 76.7 Å². The van der Waals surface area contributed by atoms with Gasteiger partial charge in [-0.05, 0) is 105 Å². The van der Waals surface area contributed by atoms with Gasteiger partial charge in [0.25, 0.3) is 24.6 Å². The van der Waals surface area contributed by atoms with Gasteiger partial charge in [0.2, 0.25) is 0 Å². The van der Waals surface area contributed by atoms with Gasteiger partial charge in [0.1, 0.15) is 84.2 Å². The number of fused-ring (bicyclic) bond motifs is 1. The van der Waals surface area contributed by atoms with Crippen LogP contribution in [0.4, 0.5) is 0 Å². The molecule has 34 nitrogen and oxygen atoms in total. The van der Waals surface area contributed by atoms with E-state index in [9.17, 15) is 73.1 Å². The number of nitrogens with two attached hydrogens (primary N) is 1. The molecular weight excluding hydrogens is 1630 g/mol. The van der Waals surface area contributed by atoms with Gasteiger partial charge in [-0.15, -0.1) is 0 Å². The Balaban J connectivity index is 0.000000207. The SMILES string of the molecule is CC(=O)c1ccc[n+]([C@@H]2OC(COP(=O)(NC(C)C(=O)OCC(C)(C)C)Oc3ccccc3)[C@@H](O)[C@H]2O)c1.CCC(CC)COC(=O)[C@H](C)NP(=O)(OC[C@H]1O[C@@H]([n+]2cccc(C(C)=O)c2)[C@@H](O)C1O)Oc1ccccc1.C[C@H](NP(=O)(OC[C@H]1O[C@@H]([n+]2cccc(C(N)=O)c2)[C@@H](O)C1O)Oc1cccc2ccccc12)C(=O)OCc1ccccc1. The Hall–Kier alpha value is -9.48. The Labute approximate surface area is 700 Å². The zero-order valence-electron chi connectivity index (χ0n) is 68.5. The largest absolute Gasteiger partial charge is 0.464 e. The second-order valence-corrected chi connectivity index (χ2v) is 35.2. The number of ether oxygens (including phenoxy) is 6. The molecule has 0 aliphatic carbocycles. The molecular formula is C84H107N7O27P3+3. The molecule has 3 saturated heterocycles. The van der Waals surface area contributed by atoms with Crippen molar-refractivity contribution in [1.82, 2.24) is 15.3 Å². The van der Waals surface area contributed by atoms with Crippen LogP contribution in [0.5, 0.6) is 17.2 Å². The molecule has 8 aromatic rings. The fourth-order valence-corrected chi connectivity index (χ4v) is 16.8. The Kier molecular flexibility index (Phi) is 34.7. The van der Waals surface area contributed by atoms with Crippen molar-refractivity contribution in [2.75, 3.05) is 33.0 Å². The lowest BCUT2D eigenvalue weighted by Gasteiger charge is -2.25. The highest BCUT2D eigenvalue weighted by Crippen LogP contribution is 2.50. The van der Waals surface area contributed by atoms with Crippen LogP contribution in [-0.4, -0.2) is 172 Å². The smallest absolute Gasteiger partial charge is 0.459 e. The third kappa shape index (κ3) is 27.5. The number of Topliss-reactive ketones (excluding diaryl/α,β-unsaturated/α-hetero) is 2. The van der Waals surface area contributed by atoms with Gasteiger partial charge < -0.3 is 78.4 Å². The minimum absolute atomic E-state index is 0.0109. The number of nitrogens with one attached hydrogen (secondary N) is 3. The van der Waals surface area contributed by atoms with E-state index in [0.29, 0.717) is 16.5 Å². The highest BCUT2D eigenvalue weighted by molar-refractivity contribution is 7.52. The number of carbonyl (C=O) groups excluding carboxylic acids is 6. The number of ketones is 2. The molecule has 121 heavy (non-hydrogen) atoms. The molecule has 0 radical (unpaired) electrons. The van der Waals surface area contributed by atoms with Crippen molar-refractivity contribution in [2.45, 2.75) is 180 Å². The van der Waals surface area contributed by atoms with Crippen LogP contribution in [0.3, 0.4) is 0 Å². The molecule has 3 fully saturated rings. The number of rotatable bonds is 37. The molecule has 11 N–H and O–H groups in total. The lowest BCUT2D eigenvalue weighted by Crippen LogP contribution is -2.46. The predicted octanol–water partition coefficient (Wildman–Crippen LogP) is 8.29. The number of aromatic nitrogens is 3. The van der Waals surface area contributed by atoms with Crippen LogP contribution in [0.15, 0.2) is 207 Å². The van der Waals surface area contributed by atoms with Gasteiger partial charge in [0.15, 0.2) is 67.1 Å². The van der Waals surface area contributed by atoms with Gasteiger partial charge in [-0.25, -0.2) is 13.7 Å². The summed E-state index contributed by atoms with van der Waals surface area (Å²) >= 11 is 0. The standard InChI is InChI=1S/C31H32N3O9P.C27H38N2O9P.C26H36N2O9P/c1-20(31(38)40-18-21-9-3-2-4-10-21)33-44(39,43-25-15-7-12-22-11-5-6-14-24(22)25)41-19-26-27(35)28(36)30(42-26)34-16-8-13-23(17-34)29(32)37;1-5-20(6-2)16-35-27(33)18(3)28-39(34,38-22-12-8-7-9-13-22)36-17-23-24(31)25(32)26(37-23)29-14-10-11-21(15-29)19(4)30;1-17(25(32)34-16-26(3,4)5)27-38(33,37-20-11-7-6-8-12-20)35-15-21-22(30)23(31)24(36-21)28-13-9-10-19(14-28)18(2)29/h2-17,20,26-28,30,35-36H,18-19H2,1H3,(H2-,32,33,37,39);7-15,18,20,23-26,31-32H,5-6,16-17H2,1-4H3,(H,28,34);6-14,17,21-24,30-31H,15-16H2,1-5H3,(H,27,33)/q;2*+1/p+1/t20-,26+,27?,28-,30+,44?;18-,23+,24?,25-,26+,39?;17?,21?,22-,23-,24-,38?/m001/s1. The number of pyridine rings is 3. The van der Waals surface area contributed by atoms with Gasteiger partial charge >= 0.3 is 41.1 Å². The zero-order valence-corrected chi connectivity index (χ0v) is 71.2. The Morgan fingerprint density at radius 1 is 0.455 bits per heavy atom. The van der Waals surface area contributed by atoms with E-state index in [1.54, 1.807) is 140 Å². The van der Waals surface area contributed by atoms with Crippen molar-refractivity contribution in [1.29, 1.82) is 0 Å². The van der Waals surface area contributed by atoms with E-state index in [0.717, 1.165) is 23.8 Å². The maximum absolute atomic E-state index is 14.2. The average molecular weight is 1740 g/mol. The van der Waals surface area contributed by atoms with Crippen molar-refractivity contribution >= 4 is 69.4 Å². The summed E-state index contributed by atoms with van der Waals surface area (Å²) in [6, 6.07) is 44.4. The van der Waals surface area contributed by atoms with Crippen LogP contribution in [0, 0.1) is 11.3 Å². The third-order valence-electron chi connectivity index (χ3n) is 19.2. The topological polar surface area (TPSA) is 460 Å².